The number of aryl methyl sites for hydroxylation is 2. The highest BCUT2D eigenvalue weighted by Gasteiger charge is 2.12. The Hall–Kier alpha value is -3.34. The number of fused-ring (bicyclic) bond motifs is 2. The van der Waals surface area contributed by atoms with Crippen molar-refractivity contribution in [3.05, 3.63) is 72.2 Å². The first-order valence-corrected chi connectivity index (χ1v) is 8.56. The first kappa shape index (κ1) is 16.1. The van der Waals surface area contributed by atoms with Gasteiger partial charge in [-0.25, -0.2) is 4.98 Å². The van der Waals surface area contributed by atoms with E-state index in [4.69, 9.17) is 0 Å². The first-order chi connectivity index (χ1) is 12.6. The summed E-state index contributed by atoms with van der Waals surface area (Å²) in [6, 6.07) is 16.7. The SMILES string of the molecule is Cc1nc2ccccn2c1CCC(=O)Nc1cccc2c(O)cccc12. The number of phenols is 1. The molecule has 0 atom stereocenters. The topological polar surface area (TPSA) is 66.6 Å². The Labute approximate surface area is 150 Å². The standard InChI is InChI=1S/C21H19N3O2/c1-14-18(24-13-3-2-10-20(24)22-14)11-12-21(26)23-17-8-4-7-16-15(17)6-5-9-19(16)25/h2-10,13,25H,11-12H2,1H3,(H,23,26). The number of pyridine rings is 1. The minimum atomic E-state index is -0.0638. The summed E-state index contributed by atoms with van der Waals surface area (Å²) < 4.78 is 2.03. The third-order valence-corrected chi connectivity index (χ3v) is 4.59. The lowest BCUT2D eigenvalue weighted by Crippen LogP contribution is -2.13. The van der Waals surface area contributed by atoms with Gasteiger partial charge < -0.3 is 14.8 Å². The molecule has 5 heteroatoms. The number of rotatable bonds is 4. The highest BCUT2D eigenvalue weighted by atomic mass is 16.3. The number of aromatic hydroxyl groups is 1. The van der Waals surface area contributed by atoms with Gasteiger partial charge in [0, 0.05) is 34.8 Å². The number of carbonyl (C=O) groups is 1. The lowest BCUT2D eigenvalue weighted by atomic mass is 10.1. The van der Waals surface area contributed by atoms with Crippen molar-refractivity contribution < 1.29 is 9.90 Å². The van der Waals surface area contributed by atoms with Crippen molar-refractivity contribution in [3.8, 4) is 5.75 Å². The van der Waals surface area contributed by atoms with Crippen LogP contribution in [0.15, 0.2) is 60.8 Å². The highest BCUT2D eigenvalue weighted by molar-refractivity contribution is 6.03. The fraction of sp³-hybridized carbons (Fsp3) is 0.143. The molecule has 26 heavy (non-hydrogen) atoms. The molecule has 4 rings (SSSR count). The Balaban J connectivity index is 1.53. The van der Waals surface area contributed by atoms with Crippen LogP contribution in [0.3, 0.4) is 0 Å². The number of carbonyl (C=O) groups excluding carboxylic acids is 1. The van der Waals surface area contributed by atoms with Gasteiger partial charge in [0.15, 0.2) is 0 Å². The van der Waals surface area contributed by atoms with E-state index in [1.54, 1.807) is 12.1 Å². The Morgan fingerprint density at radius 3 is 2.77 bits per heavy atom. The number of amides is 1. The molecule has 0 aliphatic rings. The van der Waals surface area contributed by atoms with E-state index in [0.717, 1.165) is 27.8 Å². The fourth-order valence-electron chi connectivity index (χ4n) is 3.31. The Bertz CT molecular complexity index is 1110. The number of hydrogen-bond donors (Lipinski definition) is 2. The molecule has 0 saturated carbocycles. The summed E-state index contributed by atoms with van der Waals surface area (Å²) in [6.45, 7) is 1.97. The number of nitrogens with zero attached hydrogens (tertiary/aromatic N) is 2. The van der Waals surface area contributed by atoms with Crippen LogP contribution < -0.4 is 5.32 Å². The minimum Gasteiger partial charge on any atom is -0.507 e. The van der Waals surface area contributed by atoms with Gasteiger partial charge in [0.25, 0.3) is 0 Å². The predicted octanol–water partition coefficient (Wildman–Crippen LogP) is 4.07. The average Bonchev–Trinajstić information content (AvgIpc) is 2.96. The van der Waals surface area contributed by atoms with Gasteiger partial charge in [0.1, 0.15) is 11.4 Å². The van der Waals surface area contributed by atoms with Crippen molar-refractivity contribution in [2.24, 2.45) is 0 Å². The normalized spacial score (nSPS) is 11.1. The molecule has 0 saturated heterocycles. The number of aromatic nitrogens is 2. The maximum absolute atomic E-state index is 12.5. The van der Waals surface area contributed by atoms with E-state index in [2.05, 4.69) is 10.3 Å². The molecule has 0 aliphatic carbocycles. The molecule has 2 aromatic carbocycles. The van der Waals surface area contributed by atoms with Crippen molar-refractivity contribution in [1.82, 2.24) is 9.38 Å². The number of nitrogens with one attached hydrogen (secondary N) is 1. The molecular weight excluding hydrogens is 326 g/mol. The van der Waals surface area contributed by atoms with Crippen LogP contribution in [0.2, 0.25) is 0 Å². The summed E-state index contributed by atoms with van der Waals surface area (Å²) in [5.41, 5.74) is 3.59. The molecule has 1 amide bonds. The first-order valence-electron chi connectivity index (χ1n) is 8.56. The zero-order valence-electron chi connectivity index (χ0n) is 14.4. The fourth-order valence-corrected chi connectivity index (χ4v) is 3.31. The second-order valence-corrected chi connectivity index (χ2v) is 6.30. The lowest BCUT2D eigenvalue weighted by Gasteiger charge is -2.10. The maximum atomic E-state index is 12.5. The van der Waals surface area contributed by atoms with Gasteiger partial charge in [-0.3, -0.25) is 4.79 Å². The summed E-state index contributed by atoms with van der Waals surface area (Å²) >= 11 is 0. The molecule has 4 aromatic rings. The number of imidazole rings is 1. The van der Waals surface area contributed by atoms with Gasteiger partial charge in [0.05, 0.1) is 5.69 Å². The highest BCUT2D eigenvalue weighted by Crippen LogP contribution is 2.29. The molecule has 0 bridgehead atoms. The molecule has 130 valence electrons. The van der Waals surface area contributed by atoms with Crippen LogP contribution in [0, 0.1) is 6.92 Å². The minimum absolute atomic E-state index is 0.0638. The summed E-state index contributed by atoms with van der Waals surface area (Å²) in [6.07, 6.45) is 2.94. The Morgan fingerprint density at radius 2 is 1.88 bits per heavy atom. The number of hydrogen-bond acceptors (Lipinski definition) is 3. The molecule has 0 spiro atoms. The van der Waals surface area contributed by atoms with Crippen LogP contribution in [0.5, 0.6) is 5.75 Å². The summed E-state index contributed by atoms with van der Waals surface area (Å²) in [4.78, 5) is 17.0. The molecular formula is C21H19N3O2. The van der Waals surface area contributed by atoms with Crippen molar-refractivity contribution in [3.63, 3.8) is 0 Å². The van der Waals surface area contributed by atoms with Crippen LogP contribution in [0.25, 0.3) is 16.4 Å². The zero-order chi connectivity index (χ0) is 18.1. The maximum Gasteiger partial charge on any atom is 0.224 e. The van der Waals surface area contributed by atoms with E-state index in [9.17, 15) is 9.90 Å². The second-order valence-electron chi connectivity index (χ2n) is 6.30. The molecule has 2 heterocycles. The smallest absolute Gasteiger partial charge is 0.224 e. The molecule has 0 aliphatic heterocycles. The molecule has 2 N–H and O–H groups in total. The average molecular weight is 345 g/mol. The van der Waals surface area contributed by atoms with Gasteiger partial charge in [-0.1, -0.05) is 30.3 Å². The van der Waals surface area contributed by atoms with Crippen molar-refractivity contribution in [1.29, 1.82) is 0 Å². The summed E-state index contributed by atoms with van der Waals surface area (Å²) in [5.74, 6) is 0.145. The molecule has 2 aromatic heterocycles. The van der Waals surface area contributed by atoms with Gasteiger partial charge in [0.2, 0.25) is 5.91 Å². The predicted molar refractivity (Wildman–Crippen MR) is 102 cm³/mol. The third kappa shape index (κ3) is 2.88. The van der Waals surface area contributed by atoms with Crippen molar-refractivity contribution in [2.75, 3.05) is 5.32 Å². The van der Waals surface area contributed by atoms with E-state index in [1.165, 1.54) is 0 Å². The van der Waals surface area contributed by atoms with Crippen LogP contribution in [-0.4, -0.2) is 20.4 Å². The quantitative estimate of drug-likeness (QED) is 0.586. The number of anilines is 1. The van der Waals surface area contributed by atoms with Crippen LogP contribution in [0.4, 0.5) is 5.69 Å². The van der Waals surface area contributed by atoms with Gasteiger partial charge in [-0.2, -0.15) is 0 Å². The molecule has 5 nitrogen and oxygen atoms in total. The second kappa shape index (κ2) is 6.52. The van der Waals surface area contributed by atoms with Crippen molar-refractivity contribution in [2.45, 2.75) is 19.8 Å². The van der Waals surface area contributed by atoms with E-state index >= 15 is 0 Å². The summed E-state index contributed by atoms with van der Waals surface area (Å²) in [7, 11) is 0. The number of phenolic OH excluding ortho intramolecular Hbond substituents is 1. The molecule has 0 radical (unpaired) electrons. The Kier molecular flexibility index (Phi) is 4.05. The lowest BCUT2D eigenvalue weighted by molar-refractivity contribution is -0.116. The largest absolute Gasteiger partial charge is 0.507 e. The van der Waals surface area contributed by atoms with E-state index in [0.29, 0.717) is 18.5 Å². The van der Waals surface area contributed by atoms with Crippen LogP contribution in [0.1, 0.15) is 17.8 Å². The van der Waals surface area contributed by atoms with Gasteiger partial charge >= 0.3 is 0 Å². The van der Waals surface area contributed by atoms with Crippen LogP contribution in [-0.2, 0) is 11.2 Å². The monoisotopic (exact) mass is 345 g/mol. The van der Waals surface area contributed by atoms with E-state index in [-0.39, 0.29) is 11.7 Å². The van der Waals surface area contributed by atoms with Crippen LogP contribution >= 0.6 is 0 Å². The molecule has 0 unspecified atom stereocenters. The van der Waals surface area contributed by atoms with E-state index in [1.807, 2.05) is 60.0 Å². The van der Waals surface area contributed by atoms with Gasteiger partial charge in [-0.15, -0.1) is 0 Å². The third-order valence-electron chi connectivity index (χ3n) is 4.59. The molecule has 0 fully saturated rings. The van der Waals surface area contributed by atoms with Gasteiger partial charge in [-0.05, 0) is 37.6 Å². The van der Waals surface area contributed by atoms with Crippen molar-refractivity contribution >= 4 is 28.0 Å². The summed E-state index contributed by atoms with van der Waals surface area (Å²) in [5, 5.41) is 14.5. The number of benzene rings is 2. The van der Waals surface area contributed by atoms with E-state index < -0.39 is 0 Å². The Morgan fingerprint density at radius 1 is 1.08 bits per heavy atom. The zero-order valence-corrected chi connectivity index (χ0v) is 14.4.